The van der Waals surface area contributed by atoms with Gasteiger partial charge < -0.3 is 10.1 Å². The molecule has 0 aliphatic heterocycles. The summed E-state index contributed by atoms with van der Waals surface area (Å²) in [5.74, 6) is -0.937. The highest BCUT2D eigenvalue weighted by molar-refractivity contribution is 7.12. The van der Waals surface area contributed by atoms with E-state index in [-0.39, 0.29) is 19.6 Å². The summed E-state index contributed by atoms with van der Waals surface area (Å²) < 4.78 is 5.04. The van der Waals surface area contributed by atoms with E-state index in [0.29, 0.717) is 4.88 Å². The van der Waals surface area contributed by atoms with Gasteiger partial charge in [0.15, 0.2) is 6.61 Å². The summed E-state index contributed by atoms with van der Waals surface area (Å²) in [4.78, 5) is 24.1. The number of ether oxygens (including phenoxy) is 1. The average molecular weight is 328 g/mol. The van der Waals surface area contributed by atoms with Crippen LogP contribution >= 0.6 is 11.3 Å². The fraction of sp³-hybridized carbons (Fsp3) is 0.235. The van der Waals surface area contributed by atoms with Crippen LogP contribution in [-0.4, -0.2) is 25.0 Å². The predicted octanol–water partition coefficient (Wildman–Crippen LogP) is 2.91. The first-order chi connectivity index (χ1) is 11.1. The number of nitriles is 1. The number of rotatable bonds is 6. The van der Waals surface area contributed by atoms with Gasteiger partial charge in [-0.05, 0) is 23.9 Å². The van der Waals surface area contributed by atoms with Crippen LogP contribution in [0.15, 0.2) is 35.7 Å². The lowest BCUT2D eigenvalue weighted by Crippen LogP contribution is -2.29. The first kappa shape index (κ1) is 16.7. The SMILES string of the molecule is Cc1ccc(-c2ccsc2C(=O)OCC(=O)NCCC#N)cc1. The van der Waals surface area contributed by atoms with Gasteiger partial charge in [-0.3, -0.25) is 4.79 Å². The van der Waals surface area contributed by atoms with Crippen LogP contribution in [0.25, 0.3) is 11.1 Å². The molecule has 0 radical (unpaired) electrons. The van der Waals surface area contributed by atoms with Crippen molar-refractivity contribution in [2.75, 3.05) is 13.2 Å². The molecule has 0 saturated heterocycles. The summed E-state index contributed by atoms with van der Waals surface area (Å²) in [5, 5.41) is 12.7. The Morgan fingerprint density at radius 1 is 1.26 bits per heavy atom. The largest absolute Gasteiger partial charge is 0.451 e. The zero-order chi connectivity index (χ0) is 16.7. The molecule has 0 aliphatic carbocycles. The van der Waals surface area contributed by atoms with Gasteiger partial charge >= 0.3 is 5.97 Å². The van der Waals surface area contributed by atoms with Crippen LogP contribution in [0.3, 0.4) is 0 Å². The Balaban J connectivity index is 1.99. The van der Waals surface area contributed by atoms with Gasteiger partial charge in [0.1, 0.15) is 4.88 Å². The molecule has 23 heavy (non-hydrogen) atoms. The van der Waals surface area contributed by atoms with Crippen molar-refractivity contribution in [1.29, 1.82) is 5.26 Å². The number of hydrogen-bond donors (Lipinski definition) is 1. The standard InChI is InChI=1S/C17H16N2O3S/c1-12-3-5-13(6-4-12)14-7-10-23-16(14)17(21)22-11-15(20)19-9-2-8-18/h3-7,10H,2,9,11H2,1H3,(H,19,20). The van der Waals surface area contributed by atoms with Gasteiger partial charge in [-0.1, -0.05) is 29.8 Å². The highest BCUT2D eigenvalue weighted by Gasteiger charge is 2.17. The lowest BCUT2D eigenvalue weighted by Gasteiger charge is -2.06. The Morgan fingerprint density at radius 3 is 2.70 bits per heavy atom. The van der Waals surface area contributed by atoms with Crippen LogP contribution in [0.4, 0.5) is 0 Å². The number of aryl methyl sites for hydroxylation is 1. The van der Waals surface area contributed by atoms with E-state index in [4.69, 9.17) is 10.00 Å². The maximum Gasteiger partial charge on any atom is 0.349 e. The number of benzene rings is 1. The molecule has 1 aromatic carbocycles. The summed E-state index contributed by atoms with van der Waals surface area (Å²) in [6.07, 6.45) is 0.224. The second-order valence-electron chi connectivity index (χ2n) is 4.86. The van der Waals surface area contributed by atoms with Crippen LogP contribution in [0, 0.1) is 18.3 Å². The van der Waals surface area contributed by atoms with Crippen LogP contribution in [-0.2, 0) is 9.53 Å². The van der Waals surface area contributed by atoms with Crippen LogP contribution < -0.4 is 5.32 Å². The Kier molecular flexibility index (Phi) is 5.89. The minimum Gasteiger partial charge on any atom is -0.451 e. The summed E-state index contributed by atoms with van der Waals surface area (Å²) >= 11 is 1.28. The highest BCUT2D eigenvalue weighted by Crippen LogP contribution is 2.29. The third kappa shape index (κ3) is 4.66. The molecule has 2 rings (SSSR count). The van der Waals surface area contributed by atoms with Gasteiger partial charge in [-0.25, -0.2) is 4.79 Å². The van der Waals surface area contributed by atoms with Crippen LogP contribution in [0.2, 0.25) is 0 Å². The normalized spacial score (nSPS) is 9.91. The van der Waals surface area contributed by atoms with Crippen molar-refractivity contribution in [2.45, 2.75) is 13.3 Å². The fourth-order valence-electron chi connectivity index (χ4n) is 1.93. The van der Waals surface area contributed by atoms with E-state index in [9.17, 15) is 9.59 Å². The number of carbonyl (C=O) groups is 2. The van der Waals surface area contributed by atoms with Gasteiger partial charge in [0, 0.05) is 12.1 Å². The Hall–Kier alpha value is -2.65. The number of esters is 1. The van der Waals surface area contributed by atoms with Gasteiger partial charge in [-0.15, -0.1) is 11.3 Å². The third-order valence-electron chi connectivity index (χ3n) is 3.11. The molecule has 0 fully saturated rings. The molecule has 6 heteroatoms. The van der Waals surface area contributed by atoms with Crippen molar-refractivity contribution < 1.29 is 14.3 Å². The molecule has 5 nitrogen and oxygen atoms in total. The van der Waals surface area contributed by atoms with Gasteiger partial charge in [0.25, 0.3) is 5.91 Å². The highest BCUT2D eigenvalue weighted by atomic mass is 32.1. The molecule has 0 aliphatic rings. The van der Waals surface area contributed by atoms with E-state index in [2.05, 4.69) is 5.32 Å². The summed E-state index contributed by atoms with van der Waals surface area (Å²) in [7, 11) is 0. The van der Waals surface area contributed by atoms with Crippen molar-refractivity contribution in [3.05, 3.63) is 46.2 Å². The second-order valence-corrected chi connectivity index (χ2v) is 5.78. The smallest absolute Gasteiger partial charge is 0.349 e. The molecule has 1 heterocycles. The minimum atomic E-state index is -0.522. The number of nitrogens with zero attached hydrogens (tertiary/aromatic N) is 1. The maximum absolute atomic E-state index is 12.2. The Bertz CT molecular complexity index is 729. The molecule has 0 unspecified atom stereocenters. The quantitative estimate of drug-likeness (QED) is 0.653. The minimum absolute atomic E-state index is 0.224. The van der Waals surface area contributed by atoms with Crippen molar-refractivity contribution in [3.63, 3.8) is 0 Å². The molecule has 1 N–H and O–H groups in total. The van der Waals surface area contributed by atoms with Gasteiger partial charge in [0.05, 0.1) is 12.5 Å². The zero-order valence-corrected chi connectivity index (χ0v) is 13.5. The van der Waals surface area contributed by atoms with Gasteiger partial charge in [0.2, 0.25) is 0 Å². The Labute approximate surface area is 138 Å². The zero-order valence-electron chi connectivity index (χ0n) is 12.7. The second kappa shape index (κ2) is 8.11. The number of nitrogens with one attached hydrogen (secondary N) is 1. The predicted molar refractivity (Wildman–Crippen MR) is 88.0 cm³/mol. The topological polar surface area (TPSA) is 79.2 Å². The monoisotopic (exact) mass is 328 g/mol. The molecule has 0 spiro atoms. The molecular weight excluding hydrogens is 312 g/mol. The van der Waals surface area contributed by atoms with Crippen molar-refractivity contribution >= 4 is 23.2 Å². The van der Waals surface area contributed by atoms with Crippen LogP contribution in [0.5, 0.6) is 0 Å². The molecule has 0 atom stereocenters. The fourth-order valence-corrected chi connectivity index (χ4v) is 2.74. The number of carbonyl (C=O) groups excluding carboxylic acids is 2. The average Bonchev–Trinajstić information content (AvgIpc) is 3.03. The van der Waals surface area contributed by atoms with E-state index < -0.39 is 11.9 Å². The van der Waals surface area contributed by atoms with E-state index in [1.807, 2.05) is 48.7 Å². The lowest BCUT2D eigenvalue weighted by molar-refractivity contribution is -0.124. The number of thiophene rings is 1. The van der Waals surface area contributed by atoms with E-state index in [0.717, 1.165) is 16.7 Å². The maximum atomic E-state index is 12.2. The van der Waals surface area contributed by atoms with Crippen molar-refractivity contribution in [2.24, 2.45) is 0 Å². The molecule has 118 valence electrons. The third-order valence-corrected chi connectivity index (χ3v) is 4.00. The first-order valence-corrected chi connectivity index (χ1v) is 7.95. The summed E-state index contributed by atoms with van der Waals surface area (Å²) in [6.45, 7) is 1.90. The summed E-state index contributed by atoms with van der Waals surface area (Å²) in [6, 6.07) is 11.6. The molecular formula is C17H16N2O3S. The van der Waals surface area contributed by atoms with Crippen LogP contribution in [0.1, 0.15) is 21.7 Å². The van der Waals surface area contributed by atoms with Gasteiger partial charge in [-0.2, -0.15) is 5.26 Å². The summed E-state index contributed by atoms with van der Waals surface area (Å²) in [5.41, 5.74) is 2.87. The van der Waals surface area contributed by atoms with E-state index in [1.54, 1.807) is 0 Å². The number of amides is 1. The van der Waals surface area contributed by atoms with Crippen molar-refractivity contribution in [3.8, 4) is 17.2 Å². The van der Waals surface area contributed by atoms with E-state index >= 15 is 0 Å². The lowest BCUT2D eigenvalue weighted by atomic mass is 10.1. The molecule has 1 aromatic heterocycles. The number of hydrogen-bond acceptors (Lipinski definition) is 5. The molecule has 0 saturated carbocycles. The molecule has 1 amide bonds. The molecule has 2 aromatic rings. The first-order valence-electron chi connectivity index (χ1n) is 7.07. The van der Waals surface area contributed by atoms with Crippen molar-refractivity contribution in [1.82, 2.24) is 5.32 Å². The molecule has 0 bridgehead atoms. The van der Waals surface area contributed by atoms with E-state index in [1.165, 1.54) is 11.3 Å². The Morgan fingerprint density at radius 2 is 2.00 bits per heavy atom.